The third-order valence-corrected chi connectivity index (χ3v) is 6.93. The fourth-order valence-electron chi connectivity index (χ4n) is 4.76. The number of fused-ring (bicyclic) bond motifs is 2. The van der Waals surface area contributed by atoms with Crippen LogP contribution in [0.2, 0.25) is 0 Å². The summed E-state index contributed by atoms with van der Waals surface area (Å²) in [4.78, 5) is 27.1. The minimum Gasteiger partial charge on any atom is -0.456 e. The predicted molar refractivity (Wildman–Crippen MR) is 157 cm³/mol. The zero-order chi connectivity index (χ0) is 28.0. The van der Waals surface area contributed by atoms with E-state index >= 15 is 0 Å². The number of para-hydroxylation sites is 1. The fraction of sp³-hybridized carbons (Fsp3) is 0.333. The first-order chi connectivity index (χ1) is 18.7. The number of benzene rings is 3. The summed E-state index contributed by atoms with van der Waals surface area (Å²) in [5.41, 5.74) is 3.27. The molecule has 2 N–H and O–H groups in total. The lowest BCUT2D eigenvalue weighted by Gasteiger charge is -2.34. The Hall–Kier alpha value is -3.90. The van der Waals surface area contributed by atoms with Crippen molar-refractivity contribution in [3.63, 3.8) is 0 Å². The second-order valence-electron chi connectivity index (χ2n) is 11.4. The van der Waals surface area contributed by atoms with Crippen LogP contribution in [-0.4, -0.2) is 36.1 Å². The molecule has 39 heavy (non-hydrogen) atoms. The van der Waals surface area contributed by atoms with Crippen LogP contribution >= 0.6 is 0 Å². The van der Waals surface area contributed by atoms with E-state index in [1.165, 1.54) is 0 Å². The van der Waals surface area contributed by atoms with Crippen LogP contribution in [0.25, 0.3) is 12.2 Å². The lowest BCUT2D eigenvalue weighted by Crippen LogP contribution is -2.47. The molecule has 3 aromatic carbocycles. The molecule has 0 fully saturated rings. The van der Waals surface area contributed by atoms with E-state index in [4.69, 9.17) is 4.74 Å². The maximum absolute atomic E-state index is 12.8. The van der Waals surface area contributed by atoms with E-state index in [-0.39, 0.29) is 17.7 Å². The first kappa shape index (κ1) is 28.1. The Labute approximate surface area is 231 Å². The van der Waals surface area contributed by atoms with Gasteiger partial charge in [-0.15, -0.1) is 0 Å². The molecule has 2 amide bonds. The van der Waals surface area contributed by atoms with Gasteiger partial charge in [0.25, 0.3) is 0 Å². The first-order valence-corrected chi connectivity index (χ1v) is 13.5. The van der Waals surface area contributed by atoms with Crippen molar-refractivity contribution in [2.24, 2.45) is 11.3 Å². The highest BCUT2D eigenvalue weighted by atomic mass is 16.5. The standard InChI is InChI=1S/C33H38N2O4/c1-23(32(38)34-21-33(2,3)4)19-29(37)28(20-24-11-6-5-7-12-24)35(22-36)27-14-10-16-31-26(27)18-17-25-13-8-9-15-30(25)39-31/h5-18,22-23,28-29,37H,19-21H2,1-4H3,(H,34,38)/t23-,28+,29+/m1/s1. The average molecular weight is 527 g/mol. The van der Waals surface area contributed by atoms with E-state index in [2.05, 4.69) is 26.1 Å². The second-order valence-corrected chi connectivity index (χ2v) is 11.4. The monoisotopic (exact) mass is 526 g/mol. The van der Waals surface area contributed by atoms with Crippen LogP contribution in [0.5, 0.6) is 11.5 Å². The number of nitrogens with one attached hydrogen (secondary N) is 1. The molecule has 3 atom stereocenters. The Bertz CT molecular complexity index is 1310. The van der Waals surface area contributed by atoms with Crippen LogP contribution in [0.4, 0.5) is 5.69 Å². The van der Waals surface area contributed by atoms with Gasteiger partial charge in [-0.05, 0) is 48.1 Å². The van der Waals surface area contributed by atoms with Gasteiger partial charge in [-0.25, -0.2) is 0 Å². The number of amides is 2. The Kier molecular flexibility index (Phi) is 8.87. The summed E-state index contributed by atoms with van der Waals surface area (Å²) in [6, 6.07) is 22.5. The quantitative estimate of drug-likeness (QED) is 0.245. The summed E-state index contributed by atoms with van der Waals surface area (Å²) in [5, 5.41) is 14.5. The van der Waals surface area contributed by atoms with Crippen molar-refractivity contribution in [2.45, 2.75) is 52.7 Å². The molecule has 204 valence electrons. The van der Waals surface area contributed by atoms with Crippen molar-refractivity contribution in [2.75, 3.05) is 11.4 Å². The Morgan fingerprint density at radius 3 is 2.38 bits per heavy atom. The molecule has 0 aromatic heterocycles. The smallest absolute Gasteiger partial charge is 0.222 e. The van der Waals surface area contributed by atoms with Gasteiger partial charge >= 0.3 is 0 Å². The highest BCUT2D eigenvalue weighted by Crippen LogP contribution is 2.39. The first-order valence-electron chi connectivity index (χ1n) is 13.5. The molecule has 0 unspecified atom stereocenters. The van der Waals surface area contributed by atoms with Crippen LogP contribution in [0.15, 0.2) is 72.8 Å². The molecule has 6 heteroatoms. The second kappa shape index (κ2) is 12.3. The van der Waals surface area contributed by atoms with Crippen LogP contribution in [0, 0.1) is 11.3 Å². The molecule has 1 aliphatic heterocycles. The van der Waals surface area contributed by atoms with Crippen molar-refractivity contribution in [1.29, 1.82) is 0 Å². The number of aliphatic hydroxyl groups excluding tert-OH is 1. The number of hydrogen-bond donors (Lipinski definition) is 2. The van der Waals surface area contributed by atoms with Crippen molar-refractivity contribution in [1.82, 2.24) is 5.32 Å². The maximum Gasteiger partial charge on any atom is 0.222 e. The van der Waals surface area contributed by atoms with Gasteiger partial charge in [0.05, 0.1) is 17.8 Å². The summed E-state index contributed by atoms with van der Waals surface area (Å²) in [6.07, 6.45) is 4.37. The molecule has 6 nitrogen and oxygen atoms in total. The fourth-order valence-corrected chi connectivity index (χ4v) is 4.76. The van der Waals surface area contributed by atoms with Crippen LogP contribution in [0.1, 0.15) is 50.8 Å². The highest BCUT2D eigenvalue weighted by Gasteiger charge is 2.31. The summed E-state index contributed by atoms with van der Waals surface area (Å²) < 4.78 is 6.23. The van der Waals surface area contributed by atoms with E-state index in [0.717, 1.165) is 28.8 Å². The molecule has 0 saturated heterocycles. The minimum atomic E-state index is -0.950. The van der Waals surface area contributed by atoms with Gasteiger partial charge in [0.2, 0.25) is 12.3 Å². The zero-order valence-corrected chi connectivity index (χ0v) is 23.1. The summed E-state index contributed by atoms with van der Waals surface area (Å²) in [7, 11) is 0. The van der Waals surface area contributed by atoms with Crippen molar-refractivity contribution in [3.05, 3.63) is 89.5 Å². The molecule has 0 aliphatic carbocycles. The summed E-state index contributed by atoms with van der Waals surface area (Å²) in [5.74, 6) is 0.823. The zero-order valence-electron chi connectivity index (χ0n) is 23.1. The van der Waals surface area contributed by atoms with Gasteiger partial charge in [0, 0.05) is 23.6 Å². The average Bonchev–Trinajstić information content (AvgIpc) is 3.11. The van der Waals surface area contributed by atoms with Gasteiger partial charge in [-0.3, -0.25) is 9.59 Å². The lowest BCUT2D eigenvalue weighted by molar-refractivity contribution is -0.126. The van der Waals surface area contributed by atoms with E-state index in [1.807, 2.05) is 91.9 Å². The highest BCUT2D eigenvalue weighted by molar-refractivity contribution is 5.89. The van der Waals surface area contributed by atoms with Crippen molar-refractivity contribution < 1.29 is 19.4 Å². The number of carbonyl (C=O) groups is 2. The molecule has 1 heterocycles. The molecule has 1 aliphatic rings. The number of anilines is 1. The van der Waals surface area contributed by atoms with Crippen LogP contribution in [0.3, 0.4) is 0 Å². The number of nitrogens with zero attached hydrogens (tertiary/aromatic N) is 1. The Morgan fingerprint density at radius 2 is 1.67 bits per heavy atom. The lowest BCUT2D eigenvalue weighted by atomic mass is 9.91. The third kappa shape index (κ3) is 7.15. The Balaban J connectivity index is 1.65. The normalized spacial score (nSPS) is 14.6. The summed E-state index contributed by atoms with van der Waals surface area (Å²) >= 11 is 0. The van der Waals surface area contributed by atoms with E-state index in [9.17, 15) is 14.7 Å². The number of ether oxygens (including phenoxy) is 1. The Morgan fingerprint density at radius 1 is 0.974 bits per heavy atom. The van der Waals surface area contributed by atoms with E-state index in [0.29, 0.717) is 24.4 Å². The molecule has 3 aromatic rings. The SMILES string of the molecule is C[C@H](C[C@H](O)[C@H](Cc1ccccc1)N(C=O)c1cccc2c1C=Cc1ccccc1O2)C(=O)NCC(C)(C)C. The molecular formula is C33H38N2O4. The minimum absolute atomic E-state index is 0.0431. The van der Waals surface area contributed by atoms with Gasteiger partial charge in [0.15, 0.2) is 0 Å². The van der Waals surface area contributed by atoms with Crippen molar-refractivity contribution in [3.8, 4) is 11.5 Å². The van der Waals surface area contributed by atoms with Crippen LogP contribution < -0.4 is 15.0 Å². The van der Waals surface area contributed by atoms with Crippen molar-refractivity contribution >= 4 is 30.2 Å². The molecule has 0 spiro atoms. The third-order valence-electron chi connectivity index (χ3n) is 6.93. The van der Waals surface area contributed by atoms with Gasteiger partial charge in [-0.1, -0.05) is 88.4 Å². The van der Waals surface area contributed by atoms with E-state index in [1.54, 1.807) is 4.90 Å². The topological polar surface area (TPSA) is 78.9 Å². The molecule has 0 bridgehead atoms. The van der Waals surface area contributed by atoms with Gasteiger partial charge in [0.1, 0.15) is 11.5 Å². The van der Waals surface area contributed by atoms with E-state index < -0.39 is 18.1 Å². The summed E-state index contributed by atoms with van der Waals surface area (Å²) in [6.45, 7) is 8.54. The number of rotatable bonds is 10. The number of aliphatic hydroxyl groups is 1. The maximum atomic E-state index is 12.8. The molecule has 4 rings (SSSR count). The molecular weight excluding hydrogens is 488 g/mol. The largest absolute Gasteiger partial charge is 0.456 e. The van der Waals surface area contributed by atoms with Crippen LogP contribution in [-0.2, 0) is 16.0 Å². The predicted octanol–water partition coefficient (Wildman–Crippen LogP) is 6.09. The molecule has 0 saturated carbocycles. The molecule has 0 radical (unpaired) electrons. The van der Waals surface area contributed by atoms with Gasteiger partial charge in [-0.2, -0.15) is 0 Å². The van der Waals surface area contributed by atoms with Gasteiger partial charge < -0.3 is 20.1 Å². The number of carbonyl (C=O) groups excluding carboxylic acids is 2. The number of hydrogen-bond acceptors (Lipinski definition) is 4.